The van der Waals surface area contributed by atoms with Crippen LogP contribution in [-0.2, 0) is 4.74 Å². The van der Waals surface area contributed by atoms with Crippen LogP contribution in [0.3, 0.4) is 0 Å². The van der Waals surface area contributed by atoms with Gasteiger partial charge in [0.25, 0.3) is 5.56 Å². The highest BCUT2D eigenvalue weighted by Crippen LogP contribution is 2.40. The van der Waals surface area contributed by atoms with E-state index < -0.39 is 35.7 Å². The van der Waals surface area contributed by atoms with Gasteiger partial charge in [-0.2, -0.15) is 4.98 Å². The summed E-state index contributed by atoms with van der Waals surface area (Å²) in [5, 5.41) is 30.8. The van der Waals surface area contributed by atoms with Crippen molar-refractivity contribution in [3.63, 3.8) is 0 Å². The number of aromatic nitrogens is 3. The average molecular weight is 320 g/mol. The van der Waals surface area contributed by atoms with Crippen molar-refractivity contribution in [2.45, 2.75) is 37.1 Å². The third-order valence-electron chi connectivity index (χ3n) is 3.98. The van der Waals surface area contributed by atoms with E-state index in [9.17, 15) is 20.1 Å². The SMILES string of the molecule is C#CC1(O)[C@@H](O)[C@@H]([C@H](C)O)O[C@H]1n1ccc2c(=O)[nH]c(N)nc21. The van der Waals surface area contributed by atoms with Crippen molar-refractivity contribution in [1.82, 2.24) is 14.5 Å². The molecule has 0 bridgehead atoms. The number of terminal acetylenes is 1. The molecule has 5 atom stereocenters. The Balaban J connectivity index is 2.18. The first-order valence-electron chi connectivity index (χ1n) is 6.87. The third-order valence-corrected chi connectivity index (χ3v) is 3.98. The Morgan fingerprint density at radius 1 is 1.65 bits per heavy atom. The van der Waals surface area contributed by atoms with Crippen molar-refractivity contribution in [2.24, 2.45) is 0 Å². The summed E-state index contributed by atoms with van der Waals surface area (Å²) >= 11 is 0. The number of aromatic amines is 1. The van der Waals surface area contributed by atoms with Crippen LogP contribution in [0.4, 0.5) is 5.95 Å². The largest absolute Gasteiger partial charge is 0.391 e. The van der Waals surface area contributed by atoms with Gasteiger partial charge >= 0.3 is 0 Å². The van der Waals surface area contributed by atoms with Gasteiger partial charge < -0.3 is 30.4 Å². The maximum atomic E-state index is 11.9. The Bertz CT molecular complexity index is 851. The van der Waals surface area contributed by atoms with E-state index in [0.717, 1.165) is 0 Å². The van der Waals surface area contributed by atoms with E-state index in [2.05, 4.69) is 15.9 Å². The Kier molecular flexibility index (Phi) is 3.42. The molecule has 9 nitrogen and oxygen atoms in total. The lowest BCUT2D eigenvalue weighted by molar-refractivity contribution is -0.0844. The monoisotopic (exact) mass is 320 g/mol. The number of fused-ring (bicyclic) bond motifs is 1. The molecule has 0 spiro atoms. The Labute approximate surface area is 130 Å². The zero-order valence-electron chi connectivity index (χ0n) is 12.2. The summed E-state index contributed by atoms with van der Waals surface area (Å²) in [7, 11) is 0. The van der Waals surface area contributed by atoms with Crippen molar-refractivity contribution in [1.29, 1.82) is 0 Å². The molecule has 0 aliphatic carbocycles. The highest BCUT2D eigenvalue weighted by atomic mass is 16.6. The average Bonchev–Trinajstić information content (AvgIpc) is 3.00. The summed E-state index contributed by atoms with van der Waals surface area (Å²) in [6.07, 6.45) is 1.88. The molecule has 1 unspecified atom stereocenters. The number of hydrogen-bond donors (Lipinski definition) is 5. The van der Waals surface area contributed by atoms with Crippen LogP contribution >= 0.6 is 0 Å². The molecule has 1 aliphatic heterocycles. The minimum absolute atomic E-state index is 0.114. The number of hydrogen-bond acceptors (Lipinski definition) is 7. The Morgan fingerprint density at radius 3 is 2.96 bits per heavy atom. The van der Waals surface area contributed by atoms with E-state index in [1.54, 1.807) is 0 Å². The molecule has 2 aromatic rings. The second-order valence-electron chi connectivity index (χ2n) is 5.52. The van der Waals surface area contributed by atoms with Crippen LogP contribution < -0.4 is 11.3 Å². The first-order valence-corrected chi connectivity index (χ1v) is 6.87. The summed E-state index contributed by atoms with van der Waals surface area (Å²) in [4.78, 5) is 18.2. The van der Waals surface area contributed by atoms with Crippen molar-refractivity contribution < 1.29 is 20.1 Å². The molecule has 6 N–H and O–H groups in total. The van der Waals surface area contributed by atoms with Gasteiger partial charge in [0.05, 0.1) is 11.5 Å². The summed E-state index contributed by atoms with van der Waals surface area (Å²) < 4.78 is 6.86. The van der Waals surface area contributed by atoms with Crippen LogP contribution in [0.5, 0.6) is 0 Å². The van der Waals surface area contributed by atoms with Crippen LogP contribution in [0.2, 0.25) is 0 Å². The third kappa shape index (κ3) is 2.12. The predicted molar refractivity (Wildman–Crippen MR) is 80.1 cm³/mol. The van der Waals surface area contributed by atoms with E-state index >= 15 is 0 Å². The number of aliphatic hydroxyl groups excluding tert-OH is 2. The number of nitrogens with one attached hydrogen (secondary N) is 1. The van der Waals surface area contributed by atoms with Gasteiger partial charge in [0.2, 0.25) is 5.95 Å². The van der Waals surface area contributed by atoms with Gasteiger partial charge in [0.15, 0.2) is 17.5 Å². The lowest BCUT2D eigenvalue weighted by atomic mass is 9.93. The highest BCUT2D eigenvalue weighted by molar-refractivity contribution is 5.76. The standard InChI is InChI=1S/C14H16N4O5/c1-3-14(22)9(20)8(6(2)19)23-12(14)18-5-4-7-10(18)16-13(15)17-11(7)21/h1,4-6,8-9,12,19-20,22H,2H3,(H3,15,16,17,21)/t6-,8+,9-,12+,14?/m0/s1. The number of ether oxygens (including phenoxy) is 1. The summed E-state index contributed by atoms with van der Waals surface area (Å²) in [5.74, 6) is 2.00. The van der Waals surface area contributed by atoms with E-state index in [-0.39, 0.29) is 17.0 Å². The molecule has 9 heteroatoms. The minimum atomic E-state index is -2.10. The Hall–Kier alpha value is -2.38. The van der Waals surface area contributed by atoms with Crippen molar-refractivity contribution >= 4 is 17.0 Å². The number of nitrogens with zero attached hydrogens (tertiary/aromatic N) is 2. The molecule has 3 rings (SSSR count). The summed E-state index contributed by atoms with van der Waals surface area (Å²) in [6.45, 7) is 1.40. The maximum absolute atomic E-state index is 11.9. The fourth-order valence-electron chi connectivity index (χ4n) is 2.78. The lowest BCUT2D eigenvalue weighted by Gasteiger charge is -2.26. The van der Waals surface area contributed by atoms with Crippen LogP contribution in [0, 0.1) is 12.3 Å². The van der Waals surface area contributed by atoms with Gasteiger partial charge in [-0.05, 0) is 13.0 Å². The second-order valence-corrected chi connectivity index (χ2v) is 5.52. The van der Waals surface area contributed by atoms with Crippen molar-refractivity contribution in [2.75, 3.05) is 5.73 Å². The molecule has 0 amide bonds. The van der Waals surface area contributed by atoms with Gasteiger partial charge in [-0.1, -0.05) is 5.92 Å². The molecule has 122 valence electrons. The summed E-state index contributed by atoms with van der Waals surface area (Å²) in [6, 6.07) is 1.46. The van der Waals surface area contributed by atoms with Gasteiger partial charge in [0, 0.05) is 6.20 Å². The molecule has 1 aliphatic rings. The van der Waals surface area contributed by atoms with Gasteiger partial charge in [-0.3, -0.25) is 9.78 Å². The van der Waals surface area contributed by atoms with Crippen LogP contribution in [-0.4, -0.2) is 53.8 Å². The van der Waals surface area contributed by atoms with Gasteiger partial charge in [0.1, 0.15) is 12.2 Å². The number of H-pyrrole nitrogens is 1. The molecular weight excluding hydrogens is 304 g/mol. The topological polar surface area (TPSA) is 147 Å². The molecule has 3 heterocycles. The van der Waals surface area contributed by atoms with E-state index in [1.807, 2.05) is 0 Å². The molecular formula is C14H16N4O5. The van der Waals surface area contributed by atoms with Crippen molar-refractivity contribution in [3.8, 4) is 12.3 Å². The number of rotatable bonds is 2. The van der Waals surface area contributed by atoms with E-state index in [0.29, 0.717) is 0 Å². The van der Waals surface area contributed by atoms with Crippen molar-refractivity contribution in [3.05, 3.63) is 22.6 Å². The lowest BCUT2D eigenvalue weighted by Crippen LogP contribution is -2.47. The first-order chi connectivity index (χ1) is 10.8. The molecule has 23 heavy (non-hydrogen) atoms. The molecule has 1 fully saturated rings. The molecule has 0 saturated carbocycles. The molecule has 0 aromatic carbocycles. The number of nitrogen functional groups attached to an aromatic ring is 1. The predicted octanol–water partition coefficient (Wildman–Crippen LogP) is -1.69. The minimum Gasteiger partial charge on any atom is -0.391 e. The maximum Gasteiger partial charge on any atom is 0.261 e. The van der Waals surface area contributed by atoms with Crippen LogP contribution in [0.25, 0.3) is 11.0 Å². The number of anilines is 1. The molecule has 1 saturated heterocycles. The summed E-state index contributed by atoms with van der Waals surface area (Å²) in [5.41, 5.74) is 3.12. The van der Waals surface area contributed by atoms with Crippen LogP contribution in [0.15, 0.2) is 17.1 Å². The Morgan fingerprint density at radius 2 is 2.35 bits per heavy atom. The molecule has 0 radical (unpaired) electrons. The fourth-order valence-corrected chi connectivity index (χ4v) is 2.78. The zero-order valence-corrected chi connectivity index (χ0v) is 12.2. The van der Waals surface area contributed by atoms with E-state index in [4.69, 9.17) is 16.9 Å². The number of aliphatic hydroxyl groups is 3. The first kappa shape index (κ1) is 15.5. The smallest absolute Gasteiger partial charge is 0.261 e. The van der Waals surface area contributed by atoms with E-state index in [1.165, 1.54) is 23.8 Å². The van der Waals surface area contributed by atoms with Gasteiger partial charge in [-0.15, -0.1) is 6.42 Å². The van der Waals surface area contributed by atoms with Gasteiger partial charge in [-0.25, -0.2) is 0 Å². The zero-order chi connectivity index (χ0) is 16.9. The second kappa shape index (κ2) is 5.07. The fraction of sp³-hybridized carbons (Fsp3) is 0.429. The van der Waals surface area contributed by atoms with Crippen LogP contribution in [0.1, 0.15) is 13.2 Å². The number of nitrogens with two attached hydrogens (primary N) is 1. The molecule has 2 aromatic heterocycles. The normalized spacial score (nSPS) is 32.0. The quantitative estimate of drug-likeness (QED) is 0.415. The highest BCUT2D eigenvalue weighted by Gasteiger charge is 2.57.